The van der Waals surface area contributed by atoms with E-state index in [0.717, 1.165) is 24.0 Å². The molecule has 220 valence electrons. The predicted molar refractivity (Wildman–Crippen MR) is 154 cm³/mol. The highest BCUT2D eigenvalue weighted by Crippen LogP contribution is 2.45. The summed E-state index contributed by atoms with van der Waals surface area (Å²) in [4.78, 5) is 51.1. The zero-order chi connectivity index (χ0) is 29.1. The minimum absolute atomic E-state index is 0.0211. The summed E-state index contributed by atoms with van der Waals surface area (Å²) < 4.78 is 11.2. The Hall–Kier alpha value is -3.68. The molecule has 2 aromatic rings. The van der Waals surface area contributed by atoms with Crippen LogP contribution in [0.5, 0.6) is 0 Å². The fourth-order valence-electron chi connectivity index (χ4n) is 6.17. The molecule has 2 aromatic carbocycles. The normalized spacial score (nSPS) is 20.5. The van der Waals surface area contributed by atoms with Crippen LogP contribution in [0.3, 0.4) is 0 Å². The van der Waals surface area contributed by atoms with Crippen LogP contribution >= 0.6 is 0 Å². The SMILES string of the molecule is NC(=O)CCC(CC1(C(=O)N[C@H]2CC[C@@H](C(=O)OCc3ccccc3)CC2)CCCC1)C(=O)OCc1ccccc1. The Labute approximate surface area is 242 Å². The van der Waals surface area contributed by atoms with Gasteiger partial charge in [0, 0.05) is 12.5 Å². The standard InChI is InChI=1S/C33H42N2O6/c34-29(36)18-15-27(31(38)41-23-25-11-5-2-6-12-25)21-33(19-7-8-20-33)32(39)35-28-16-13-26(14-17-28)30(37)40-22-24-9-3-1-4-10-24/h1-6,9-12,26-28H,7-8,13-23H2,(H2,34,36)(H,35,39)/t26-,27?,28+. The summed E-state index contributed by atoms with van der Waals surface area (Å²) >= 11 is 0. The Morgan fingerprint density at radius 2 is 1.39 bits per heavy atom. The average Bonchev–Trinajstić information content (AvgIpc) is 3.48. The number of benzene rings is 2. The molecule has 2 saturated carbocycles. The number of hydrogen-bond acceptors (Lipinski definition) is 6. The van der Waals surface area contributed by atoms with Gasteiger partial charge in [0.25, 0.3) is 0 Å². The number of nitrogens with two attached hydrogens (primary N) is 1. The van der Waals surface area contributed by atoms with E-state index < -0.39 is 23.2 Å². The molecule has 3 N–H and O–H groups in total. The number of hydrogen-bond donors (Lipinski definition) is 2. The first kappa shape index (κ1) is 30.3. The van der Waals surface area contributed by atoms with Crippen molar-refractivity contribution in [1.29, 1.82) is 0 Å². The monoisotopic (exact) mass is 562 g/mol. The molecule has 2 amide bonds. The summed E-state index contributed by atoms with van der Waals surface area (Å²) in [5, 5.41) is 3.25. The summed E-state index contributed by atoms with van der Waals surface area (Å²) in [6.45, 7) is 0.409. The highest BCUT2D eigenvalue weighted by molar-refractivity contribution is 5.84. The summed E-state index contributed by atoms with van der Waals surface area (Å²) in [6, 6.07) is 19.0. The summed E-state index contributed by atoms with van der Waals surface area (Å²) in [5.41, 5.74) is 6.56. The Balaban J connectivity index is 1.31. The van der Waals surface area contributed by atoms with Crippen LogP contribution in [-0.2, 0) is 41.9 Å². The third-order valence-electron chi connectivity index (χ3n) is 8.60. The maximum Gasteiger partial charge on any atom is 0.309 e. The molecule has 8 heteroatoms. The fourth-order valence-corrected chi connectivity index (χ4v) is 6.17. The van der Waals surface area contributed by atoms with Crippen LogP contribution in [0.25, 0.3) is 0 Å². The lowest BCUT2D eigenvalue weighted by atomic mass is 9.75. The van der Waals surface area contributed by atoms with E-state index in [9.17, 15) is 19.2 Å². The lowest BCUT2D eigenvalue weighted by Gasteiger charge is -2.35. The zero-order valence-corrected chi connectivity index (χ0v) is 23.7. The molecule has 41 heavy (non-hydrogen) atoms. The Morgan fingerprint density at radius 3 is 1.95 bits per heavy atom. The van der Waals surface area contributed by atoms with E-state index in [1.54, 1.807) is 0 Å². The smallest absolute Gasteiger partial charge is 0.309 e. The second kappa shape index (κ2) is 14.8. The van der Waals surface area contributed by atoms with Crippen LogP contribution in [0, 0.1) is 17.3 Å². The van der Waals surface area contributed by atoms with Crippen molar-refractivity contribution in [2.45, 2.75) is 89.9 Å². The van der Waals surface area contributed by atoms with Crippen LogP contribution in [0.1, 0.15) is 81.8 Å². The maximum atomic E-state index is 13.7. The van der Waals surface area contributed by atoms with Crippen molar-refractivity contribution in [1.82, 2.24) is 5.32 Å². The number of esters is 2. The van der Waals surface area contributed by atoms with Gasteiger partial charge < -0.3 is 20.5 Å². The van der Waals surface area contributed by atoms with Gasteiger partial charge in [-0.25, -0.2) is 0 Å². The molecular weight excluding hydrogens is 520 g/mol. The van der Waals surface area contributed by atoms with E-state index in [1.165, 1.54) is 0 Å². The molecule has 0 saturated heterocycles. The van der Waals surface area contributed by atoms with Crippen molar-refractivity contribution in [3.05, 3.63) is 71.8 Å². The molecule has 8 nitrogen and oxygen atoms in total. The van der Waals surface area contributed by atoms with Crippen molar-refractivity contribution in [3.8, 4) is 0 Å². The number of amides is 2. The molecule has 2 aliphatic carbocycles. The van der Waals surface area contributed by atoms with E-state index in [-0.39, 0.29) is 49.9 Å². The first-order valence-corrected chi connectivity index (χ1v) is 14.8. The van der Waals surface area contributed by atoms with E-state index >= 15 is 0 Å². The number of carbonyl (C=O) groups is 4. The molecular formula is C33H42N2O6. The van der Waals surface area contributed by atoms with Gasteiger partial charge in [0.1, 0.15) is 13.2 Å². The molecule has 0 aromatic heterocycles. The number of carbonyl (C=O) groups excluding carboxylic acids is 4. The quantitative estimate of drug-likeness (QED) is 0.332. The molecule has 2 aliphatic rings. The zero-order valence-electron chi connectivity index (χ0n) is 23.7. The van der Waals surface area contributed by atoms with Gasteiger partial charge in [-0.2, -0.15) is 0 Å². The number of rotatable bonds is 13. The third-order valence-corrected chi connectivity index (χ3v) is 8.60. The summed E-state index contributed by atoms with van der Waals surface area (Å²) in [7, 11) is 0. The lowest BCUT2D eigenvalue weighted by Crippen LogP contribution is -2.47. The Kier molecular flexibility index (Phi) is 10.9. The largest absolute Gasteiger partial charge is 0.461 e. The van der Waals surface area contributed by atoms with Crippen LogP contribution < -0.4 is 11.1 Å². The van der Waals surface area contributed by atoms with Crippen molar-refractivity contribution in [2.75, 3.05) is 0 Å². The maximum absolute atomic E-state index is 13.7. The van der Waals surface area contributed by atoms with E-state index in [4.69, 9.17) is 15.2 Å². The van der Waals surface area contributed by atoms with Gasteiger partial charge in [-0.05, 0) is 62.5 Å². The second-order valence-corrected chi connectivity index (χ2v) is 11.6. The minimum atomic E-state index is -0.681. The van der Waals surface area contributed by atoms with E-state index in [1.807, 2.05) is 60.7 Å². The van der Waals surface area contributed by atoms with E-state index in [0.29, 0.717) is 44.9 Å². The third kappa shape index (κ3) is 8.90. The second-order valence-electron chi connectivity index (χ2n) is 11.6. The number of nitrogens with one attached hydrogen (secondary N) is 1. The van der Waals surface area contributed by atoms with Gasteiger partial charge in [-0.15, -0.1) is 0 Å². The highest BCUT2D eigenvalue weighted by atomic mass is 16.5. The molecule has 1 atom stereocenters. The van der Waals surface area contributed by atoms with Crippen molar-refractivity contribution >= 4 is 23.8 Å². The van der Waals surface area contributed by atoms with Gasteiger partial charge in [0.15, 0.2) is 0 Å². The van der Waals surface area contributed by atoms with Gasteiger partial charge in [-0.3, -0.25) is 19.2 Å². The minimum Gasteiger partial charge on any atom is -0.461 e. The number of primary amides is 1. The topological polar surface area (TPSA) is 125 Å². The first-order valence-electron chi connectivity index (χ1n) is 14.8. The van der Waals surface area contributed by atoms with E-state index in [2.05, 4.69) is 5.32 Å². The van der Waals surface area contributed by atoms with Crippen LogP contribution in [-0.4, -0.2) is 29.8 Å². The lowest BCUT2D eigenvalue weighted by molar-refractivity contribution is -0.152. The summed E-state index contributed by atoms with van der Waals surface area (Å²) in [5.74, 6) is -1.85. The molecule has 0 aliphatic heterocycles. The van der Waals surface area contributed by atoms with Crippen LogP contribution in [0.2, 0.25) is 0 Å². The first-order chi connectivity index (χ1) is 19.8. The molecule has 2 fully saturated rings. The van der Waals surface area contributed by atoms with Crippen LogP contribution in [0.15, 0.2) is 60.7 Å². The van der Waals surface area contributed by atoms with Crippen molar-refractivity contribution in [2.24, 2.45) is 23.0 Å². The van der Waals surface area contributed by atoms with Crippen LogP contribution in [0.4, 0.5) is 0 Å². The average molecular weight is 563 g/mol. The predicted octanol–water partition coefficient (Wildman–Crippen LogP) is 4.98. The van der Waals surface area contributed by atoms with Crippen molar-refractivity contribution < 1.29 is 28.7 Å². The van der Waals surface area contributed by atoms with Gasteiger partial charge in [-0.1, -0.05) is 73.5 Å². The van der Waals surface area contributed by atoms with Gasteiger partial charge in [0.2, 0.25) is 11.8 Å². The molecule has 4 rings (SSSR count). The molecule has 0 heterocycles. The highest BCUT2D eigenvalue weighted by Gasteiger charge is 2.45. The van der Waals surface area contributed by atoms with Gasteiger partial charge >= 0.3 is 11.9 Å². The fraction of sp³-hybridized carbons (Fsp3) is 0.515. The van der Waals surface area contributed by atoms with Crippen molar-refractivity contribution in [3.63, 3.8) is 0 Å². The molecule has 0 spiro atoms. The molecule has 0 bridgehead atoms. The Morgan fingerprint density at radius 1 is 0.829 bits per heavy atom. The molecule has 0 radical (unpaired) electrons. The van der Waals surface area contributed by atoms with Gasteiger partial charge in [0.05, 0.1) is 17.3 Å². The summed E-state index contributed by atoms with van der Waals surface area (Å²) in [6.07, 6.45) is 6.61. The number of ether oxygens (including phenoxy) is 2. The Bertz CT molecular complexity index is 1150. The molecule has 1 unspecified atom stereocenters.